The van der Waals surface area contributed by atoms with Crippen LogP contribution >= 0.6 is 0 Å². The topological polar surface area (TPSA) is 147 Å². The number of carbonyl (C=O) groups excluding carboxylic acids is 5. The van der Waals surface area contributed by atoms with Crippen molar-refractivity contribution < 1.29 is 32.8 Å². The van der Waals surface area contributed by atoms with Crippen molar-refractivity contribution in [2.24, 2.45) is 11.8 Å². The van der Waals surface area contributed by atoms with Crippen LogP contribution in [0.5, 0.6) is 0 Å². The van der Waals surface area contributed by atoms with E-state index in [1.807, 2.05) is 6.07 Å². The minimum Gasteiger partial charge on any atom is -0.451 e. The van der Waals surface area contributed by atoms with E-state index < -0.39 is 41.7 Å². The standard InChI is InChI=1S/C30H33FN4O6/c1-17(2)26(35-29(39)25-15-20-13-21(31)8-9-24(20)41-25)30(40)34-23(12-18-6-4-3-5-7-18)28(38)33-22(16-36)14-19-10-11-32-27(19)37/h3-9,13,15-17,19,22-23,26H,10-12,14H2,1-2H3,(H,32,37)(H,33,38)(H,34,40)(H,35,39)/t19-,22-,23-,26-/m0/s1. The number of aldehydes is 1. The minimum absolute atomic E-state index is 0.0904. The summed E-state index contributed by atoms with van der Waals surface area (Å²) >= 11 is 0. The number of hydrogen-bond acceptors (Lipinski definition) is 6. The van der Waals surface area contributed by atoms with Crippen molar-refractivity contribution in [2.45, 2.75) is 51.2 Å². The normalized spacial score (nSPS) is 17.0. The van der Waals surface area contributed by atoms with Crippen LogP contribution in [0.4, 0.5) is 4.39 Å². The predicted molar refractivity (Wildman–Crippen MR) is 148 cm³/mol. The second-order valence-corrected chi connectivity index (χ2v) is 10.5. The van der Waals surface area contributed by atoms with Crippen LogP contribution in [-0.4, -0.2) is 54.6 Å². The number of hydrogen-bond donors (Lipinski definition) is 4. The zero-order valence-corrected chi connectivity index (χ0v) is 22.8. The van der Waals surface area contributed by atoms with Crippen LogP contribution in [-0.2, 0) is 25.6 Å². The third kappa shape index (κ3) is 7.56. The molecule has 2 heterocycles. The molecular formula is C30H33FN4O6. The fraction of sp³-hybridized carbons (Fsp3) is 0.367. The first kappa shape index (κ1) is 29.4. The third-order valence-corrected chi connectivity index (χ3v) is 7.05. The number of benzene rings is 2. The van der Waals surface area contributed by atoms with Crippen LogP contribution in [0, 0.1) is 17.7 Å². The monoisotopic (exact) mass is 564 g/mol. The molecule has 0 unspecified atom stereocenters. The molecule has 0 spiro atoms. The summed E-state index contributed by atoms with van der Waals surface area (Å²) in [7, 11) is 0. The lowest BCUT2D eigenvalue weighted by Crippen LogP contribution is -2.57. The van der Waals surface area contributed by atoms with Gasteiger partial charge in [0.25, 0.3) is 5.91 Å². The van der Waals surface area contributed by atoms with Gasteiger partial charge in [-0.3, -0.25) is 19.2 Å². The highest BCUT2D eigenvalue weighted by molar-refractivity contribution is 5.99. The molecule has 4 rings (SSSR count). The number of carbonyl (C=O) groups is 5. The van der Waals surface area contributed by atoms with Crippen LogP contribution < -0.4 is 21.3 Å². The lowest BCUT2D eigenvalue weighted by Gasteiger charge is -2.26. The van der Waals surface area contributed by atoms with Crippen molar-refractivity contribution in [2.75, 3.05) is 6.54 Å². The Morgan fingerprint density at radius 1 is 1.05 bits per heavy atom. The van der Waals surface area contributed by atoms with Crippen molar-refractivity contribution in [1.82, 2.24) is 21.3 Å². The number of halogens is 1. The molecule has 2 aromatic carbocycles. The van der Waals surface area contributed by atoms with Crippen LogP contribution in [0.2, 0.25) is 0 Å². The molecule has 1 aromatic heterocycles. The second-order valence-electron chi connectivity index (χ2n) is 10.5. The van der Waals surface area contributed by atoms with E-state index >= 15 is 0 Å². The fourth-order valence-electron chi connectivity index (χ4n) is 4.80. The largest absolute Gasteiger partial charge is 0.451 e. The molecule has 216 valence electrons. The van der Waals surface area contributed by atoms with Gasteiger partial charge in [-0.1, -0.05) is 44.2 Å². The Bertz CT molecular complexity index is 1420. The van der Waals surface area contributed by atoms with E-state index in [0.717, 1.165) is 5.56 Å². The van der Waals surface area contributed by atoms with Gasteiger partial charge in [-0.2, -0.15) is 0 Å². The van der Waals surface area contributed by atoms with Gasteiger partial charge in [-0.05, 0) is 48.6 Å². The maximum absolute atomic E-state index is 13.6. The van der Waals surface area contributed by atoms with Gasteiger partial charge >= 0.3 is 0 Å². The number of fused-ring (bicyclic) bond motifs is 1. The predicted octanol–water partition coefficient (Wildman–Crippen LogP) is 2.26. The Kier molecular flexibility index (Phi) is 9.49. The van der Waals surface area contributed by atoms with E-state index in [0.29, 0.717) is 30.2 Å². The van der Waals surface area contributed by atoms with Crippen molar-refractivity contribution in [3.63, 3.8) is 0 Å². The smallest absolute Gasteiger partial charge is 0.287 e. The number of nitrogens with one attached hydrogen (secondary N) is 4. The van der Waals surface area contributed by atoms with Gasteiger partial charge in [0.05, 0.1) is 6.04 Å². The molecule has 0 bridgehead atoms. The first-order chi connectivity index (χ1) is 19.6. The van der Waals surface area contributed by atoms with Gasteiger partial charge in [-0.15, -0.1) is 0 Å². The summed E-state index contributed by atoms with van der Waals surface area (Å²) in [6.45, 7) is 3.99. The molecular weight excluding hydrogens is 531 g/mol. The molecule has 11 heteroatoms. The lowest BCUT2D eigenvalue weighted by atomic mass is 9.98. The van der Waals surface area contributed by atoms with Gasteiger partial charge in [0.15, 0.2) is 5.76 Å². The second kappa shape index (κ2) is 13.2. The molecule has 4 amide bonds. The van der Waals surface area contributed by atoms with Gasteiger partial charge in [0, 0.05) is 24.3 Å². The molecule has 41 heavy (non-hydrogen) atoms. The molecule has 0 saturated carbocycles. The SMILES string of the molecule is CC(C)[C@H](NC(=O)c1cc2cc(F)ccc2o1)C(=O)N[C@@H](Cc1ccccc1)C(=O)N[C@H](C=O)C[C@@H]1CCNC1=O. The van der Waals surface area contributed by atoms with Gasteiger partial charge in [-0.25, -0.2) is 4.39 Å². The van der Waals surface area contributed by atoms with Crippen molar-refractivity contribution in [3.8, 4) is 0 Å². The quantitative estimate of drug-likeness (QED) is 0.248. The summed E-state index contributed by atoms with van der Waals surface area (Å²) in [5.74, 6) is -3.35. The van der Waals surface area contributed by atoms with Crippen LogP contribution in [0.3, 0.4) is 0 Å². The molecule has 0 radical (unpaired) electrons. The van der Waals surface area contributed by atoms with Gasteiger partial charge in [0.1, 0.15) is 29.8 Å². The molecule has 10 nitrogen and oxygen atoms in total. The number of rotatable bonds is 12. The summed E-state index contributed by atoms with van der Waals surface area (Å²) in [4.78, 5) is 63.5. The van der Waals surface area contributed by atoms with Crippen molar-refractivity contribution >= 4 is 40.9 Å². The van der Waals surface area contributed by atoms with Crippen LogP contribution in [0.15, 0.2) is 59.0 Å². The van der Waals surface area contributed by atoms with E-state index in [1.54, 1.807) is 38.1 Å². The molecule has 1 aliphatic rings. The Morgan fingerprint density at radius 3 is 2.46 bits per heavy atom. The highest BCUT2D eigenvalue weighted by atomic mass is 19.1. The van der Waals surface area contributed by atoms with Gasteiger partial charge in [0.2, 0.25) is 17.7 Å². The zero-order chi connectivity index (χ0) is 29.5. The van der Waals surface area contributed by atoms with Crippen molar-refractivity contribution in [3.05, 3.63) is 71.7 Å². The molecule has 1 fully saturated rings. The molecule has 1 saturated heterocycles. The molecule has 4 N–H and O–H groups in total. The minimum atomic E-state index is -1.07. The van der Waals surface area contributed by atoms with E-state index in [-0.39, 0.29) is 36.3 Å². The first-order valence-electron chi connectivity index (χ1n) is 13.5. The van der Waals surface area contributed by atoms with Crippen LogP contribution in [0.25, 0.3) is 11.0 Å². The van der Waals surface area contributed by atoms with Crippen molar-refractivity contribution in [1.29, 1.82) is 0 Å². The Balaban J connectivity index is 1.48. The van der Waals surface area contributed by atoms with Crippen LogP contribution in [0.1, 0.15) is 42.8 Å². The summed E-state index contributed by atoms with van der Waals surface area (Å²) in [6, 6.07) is 11.3. The maximum atomic E-state index is 13.6. The molecule has 4 atom stereocenters. The summed E-state index contributed by atoms with van der Waals surface area (Å²) in [5, 5.41) is 11.2. The average Bonchev–Trinajstić information content (AvgIpc) is 3.56. The van der Waals surface area contributed by atoms with E-state index in [4.69, 9.17) is 4.42 Å². The summed E-state index contributed by atoms with van der Waals surface area (Å²) < 4.78 is 19.1. The number of amides is 4. The summed E-state index contributed by atoms with van der Waals surface area (Å²) in [5.41, 5.74) is 1.09. The third-order valence-electron chi connectivity index (χ3n) is 7.05. The Labute approximate surface area is 236 Å². The van der Waals surface area contributed by atoms with Gasteiger partial charge < -0.3 is 30.5 Å². The average molecular weight is 565 g/mol. The Morgan fingerprint density at radius 2 is 1.80 bits per heavy atom. The number of furan rings is 1. The zero-order valence-electron chi connectivity index (χ0n) is 22.8. The molecule has 3 aromatic rings. The Hall–Kier alpha value is -4.54. The highest BCUT2D eigenvalue weighted by Gasteiger charge is 2.32. The molecule has 0 aliphatic carbocycles. The maximum Gasteiger partial charge on any atom is 0.287 e. The van der Waals surface area contributed by atoms with E-state index in [9.17, 15) is 28.4 Å². The molecule has 1 aliphatic heterocycles. The lowest BCUT2D eigenvalue weighted by molar-refractivity contribution is -0.131. The summed E-state index contributed by atoms with van der Waals surface area (Å²) in [6.07, 6.45) is 1.43. The van der Waals surface area contributed by atoms with E-state index in [2.05, 4.69) is 21.3 Å². The highest BCUT2D eigenvalue weighted by Crippen LogP contribution is 2.21. The fourth-order valence-corrected chi connectivity index (χ4v) is 4.80. The first-order valence-corrected chi connectivity index (χ1v) is 13.5. The van der Waals surface area contributed by atoms with E-state index in [1.165, 1.54) is 24.3 Å².